The third-order valence-electron chi connectivity index (χ3n) is 4.36. The molecule has 0 saturated heterocycles. The average Bonchev–Trinajstić information content (AvgIpc) is 2.38. The Balaban J connectivity index is 2.40. The molecule has 0 aromatic heterocycles. The van der Waals surface area contributed by atoms with E-state index >= 15 is 0 Å². The standard InChI is InChI=1S/C20H35N/c1-16(2)11-10-12-17(3)21-18(4)15-20(5,6)19-13-8-7-9-14-19/h7-9,13-14,16-18,21H,10-12,15H2,1-6H3. The SMILES string of the molecule is CC(C)CCCC(C)NC(C)CC(C)(C)c1ccccc1. The molecule has 2 atom stereocenters. The number of benzene rings is 1. The number of hydrogen-bond donors (Lipinski definition) is 1. The first-order valence-corrected chi connectivity index (χ1v) is 8.63. The summed E-state index contributed by atoms with van der Waals surface area (Å²) in [7, 11) is 0. The van der Waals surface area contributed by atoms with E-state index in [4.69, 9.17) is 0 Å². The number of rotatable bonds is 9. The zero-order valence-electron chi connectivity index (χ0n) is 14.9. The molecule has 1 N–H and O–H groups in total. The lowest BCUT2D eigenvalue weighted by molar-refractivity contribution is 0.349. The molecule has 1 heteroatoms. The van der Waals surface area contributed by atoms with Crippen molar-refractivity contribution in [1.82, 2.24) is 5.32 Å². The predicted molar refractivity (Wildman–Crippen MR) is 94.8 cm³/mol. The van der Waals surface area contributed by atoms with Crippen molar-refractivity contribution in [3.05, 3.63) is 35.9 Å². The topological polar surface area (TPSA) is 12.0 Å². The van der Waals surface area contributed by atoms with E-state index in [0.717, 1.165) is 5.92 Å². The Kier molecular flexibility index (Phi) is 7.45. The van der Waals surface area contributed by atoms with Crippen molar-refractivity contribution in [3.63, 3.8) is 0 Å². The van der Waals surface area contributed by atoms with E-state index in [1.165, 1.54) is 31.2 Å². The largest absolute Gasteiger partial charge is 0.312 e. The van der Waals surface area contributed by atoms with E-state index in [1.54, 1.807) is 0 Å². The Morgan fingerprint density at radius 2 is 1.52 bits per heavy atom. The smallest absolute Gasteiger partial charge is 0.00494 e. The molecular formula is C20H35N. The maximum atomic E-state index is 3.78. The lowest BCUT2D eigenvalue weighted by Gasteiger charge is -2.31. The maximum absolute atomic E-state index is 3.78. The second-order valence-electron chi connectivity index (χ2n) is 7.75. The van der Waals surface area contributed by atoms with E-state index in [-0.39, 0.29) is 5.41 Å². The summed E-state index contributed by atoms with van der Waals surface area (Å²) in [6, 6.07) is 12.0. The van der Waals surface area contributed by atoms with Gasteiger partial charge in [-0.05, 0) is 43.6 Å². The first-order chi connectivity index (χ1) is 9.81. The quantitative estimate of drug-likeness (QED) is 0.628. The van der Waals surface area contributed by atoms with Crippen LogP contribution in [0.4, 0.5) is 0 Å². The summed E-state index contributed by atoms with van der Waals surface area (Å²) < 4.78 is 0. The third-order valence-corrected chi connectivity index (χ3v) is 4.36. The van der Waals surface area contributed by atoms with Crippen LogP contribution in [0.3, 0.4) is 0 Å². The van der Waals surface area contributed by atoms with E-state index in [9.17, 15) is 0 Å². The Bertz CT molecular complexity index is 380. The van der Waals surface area contributed by atoms with E-state index in [2.05, 4.69) is 77.2 Å². The van der Waals surface area contributed by atoms with Crippen molar-refractivity contribution in [2.45, 2.75) is 84.7 Å². The molecule has 0 aliphatic carbocycles. The molecule has 21 heavy (non-hydrogen) atoms. The summed E-state index contributed by atoms with van der Waals surface area (Å²) in [4.78, 5) is 0. The Hall–Kier alpha value is -0.820. The monoisotopic (exact) mass is 289 g/mol. The Morgan fingerprint density at radius 3 is 2.10 bits per heavy atom. The molecule has 0 radical (unpaired) electrons. The normalized spacial score (nSPS) is 15.2. The molecule has 1 aromatic rings. The van der Waals surface area contributed by atoms with Crippen LogP contribution in [0.15, 0.2) is 30.3 Å². The molecule has 1 aromatic carbocycles. The summed E-state index contributed by atoms with van der Waals surface area (Å²) >= 11 is 0. The molecule has 0 fully saturated rings. The minimum Gasteiger partial charge on any atom is -0.312 e. The van der Waals surface area contributed by atoms with Gasteiger partial charge in [0.2, 0.25) is 0 Å². The van der Waals surface area contributed by atoms with Crippen molar-refractivity contribution in [2.75, 3.05) is 0 Å². The molecule has 0 bridgehead atoms. The highest BCUT2D eigenvalue weighted by atomic mass is 14.9. The van der Waals surface area contributed by atoms with Crippen molar-refractivity contribution in [1.29, 1.82) is 0 Å². The fourth-order valence-corrected chi connectivity index (χ4v) is 3.23. The fourth-order valence-electron chi connectivity index (χ4n) is 3.23. The second kappa shape index (κ2) is 8.58. The molecule has 0 aliphatic heterocycles. The fraction of sp³-hybridized carbons (Fsp3) is 0.700. The van der Waals surface area contributed by atoms with Gasteiger partial charge in [-0.2, -0.15) is 0 Å². The minimum absolute atomic E-state index is 0.228. The highest BCUT2D eigenvalue weighted by molar-refractivity contribution is 5.23. The highest BCUT2D eigenvalue weighted by Gasteiger charge is 2.23. The van der Waals surface area contributed by atoms with E-state index in [1.807, 2.05) is 0 Å². The van der Waals surface area contributed by atoms with Gasteiger partial charge in [0.05, 0.1) is 0 Å². The number of hydrogen-bond acceptors (Lipinski definition) is 1. The van der Waals surface area contributed by atoms with Gasteiger partial charge in [-0.25, -0.2) is 0 Å². The van der Waals surface area contributed by atoms with E-state index < -0.39 is 0 Å². The van der Waals surface area contributed by atoms with Crippen LogP contribution in [-0.4, -0.2) is 12.1 Å². The molecule has 2 unspecified atom stereocenters. The van der Waals surface area contributed by atoms with Gasteiger partial charge in [-0.3, -0.25) is 0 Å². The lowest BCUT2D eigenvalue weighted by Crippen LogP contribution is -2.38. The second-order valence-corrected chi connectivity index (χ2v) is 7.75. The molecule has 0 saturated carbocycles. The maximum Gasteiger partial charge on any atom is 0.00494 e. The van der Waals surface area contributed by atoms with Gasteiger partial charge in [0.15, 0.2) is 0 Å². The van der Waals surface area contributed by atoms with Crippen LogP contribution < -0.4 is 5.32 Å². The van der Waals surface area contributed by atoms with Crippen LogP contribution in [0.2, 0.25) is 0 Å². The van der Waals surface area contributed by atoms with Crippen molar-refractivity contribution in [3.8, 4) is 0 Å². The predicted octanol–water partition coefficient (Wildman–Crippen LogP) is 5.55. The van der Waals surface area contributed by atoms with Gasteiger partial charge in [0.1, 0.15) is 0 Å². The van der Waals surface area contributed by atoms with Crippen LogP contribution >= 0.6 is 0 Å². The van der Waals surface area contributed by atoms with Crippen molar-refractivity contribution >= 4 is 0 Å². The summed E-state index contributed by atoms with van der Waals surface area (Å²) in [6.45, 7) is 14.0. The highest BCUT2D eigenvalue weighted by Crippen LogP contribution is 2.28. The molecule has 1 nitrogen and oxygen atoms in total. The molecule has 0 aliphatic rings. The van der Waals surface area contributed by atoms with Crippen molar-refractivity contribution < 1.29 is 0 Å². The Labute approximate surface area is 132 Å². The van der Waals surface area contributed by atoms with Gasteiger partial charge in [-0.15, -0.1) is 0 Å². The molecule has 120 valence electrons. The van der Waals surface area contributed by atoms with Gasteiger partial charge in [0.25, 0.3) is 0 Å². The zero-order chi connectivity index (χ0) is 15.9. The molecular weight excluding hydrogens is 254 g/mol. The third kappa shape index (κ3) is 7.13. The van der Waals surface area contributed by atoms with Crippen LogP contribution in [0, 0.1) is 5.92 Å². The molecule has 1 rings (SSSR count). The van der Waals surface area contributed by atoms with Crippen molar-refractivity contribution in [2.24, 2.45) is 5.92 Å². The minimum atomic E-state index is 0.228. The van der Waals surface area contributed by atoms with Gasteiger partial charge in [-0.1, -0.05) is 70.9 Å². The van der Waals surface area contributed by atoms with Gasteiger partial charge < -0.3 is 5.32 Å². The average molecular weight is 290 g/mol. The Morgan fingerprint density at radius 1 is 0.905 bits per heavy atom. The van der Waals surface area contributed by atoms with Crippen LogP contribution in [0.25, 0.3) is 0 Å². The van der Waals surface area contributed by atoms with Crippen LogP contribution in [0.5, 0.6) is 0 Å². The molecule has 0 spiro atoms. The summed E-state index contributed by atoms with van der Waals surface area (Å²) in [6.07, 6.45) is 5.14. The first-order valence-electron chi connectivity index (χ1n) is 8.63. The zero-order valence-corrected chi connectivity index (χ0v) is 14.9. The first kappa shape index (κ1) is 18.2. The summed E-state index contributed by atoms with van der Waals surface area (Å²) in [5.41, 5.74) is 1.66. The molecule has 0 amide bonds. The van der Waals surface area contributed by atoms with Crippen LogP contribution in [0.1, 0.15) is 72.8 Å². The van der Waals surface area contributed by atoms with Gasteiger partial charge >= 0.3 is 0 Å². The molecule has 0 heterocycles. The van der Waals surface area contributed by atoms with Gasteiger partial charge in [0, 0.05) is 12.1 Å². The van der Waals surface area contributed by atoms with Crippen LogP contribution in [-0.2, 0) is 5.41 Å². The number of nitrogens with one attached hydrogen (secondary N) is 1. The summed E-state index contributed by atoms with van der Waals surface area (Å²) in [5.74, 6) is 0.826. The summed E-state index contributed by atoms with van der Waals surface area (Å²) in [5, 5.41) is 3.78. The lowest BCUT2D eigenvalue weighted by atomic mass is 9.79. The van der Waals surface area contributed by atoms with E-state index in [0.29, 0.717) is 12.1 Å².